The van der Waals surface area contributed by atoms with Gasteiger partial charge in [0.1, 0.15) is 17.1 Å². The lowest BCUT2D eigenvalue weighted by Gasteiger charge is -2.17. The first-order valence-corrected chi connectivity index (χ1v) is 8.66. The minimum absolute atomic E-state index is 0.0344. The maximum absolute atomic E-state index is 13.7. The van der Waals surface area contributed by atoms with Gasteiger partial charge in [-0.25, -0.2) is 9.18 Å². The van der Waals surface area contributed by atoms with Crippen molar-refractivity contribution in [1.82, 2.24) is 5.32 Å². The van der Waals surface area contributed by atoms with Crippen LogP contribution in [-0.2, 0) is 6.54 Å². The lowest BCUT2D eigenvalue weighted by molar-refractivity contribution is 0.468. The zero-order valence-electron chi connectivity index (χ0n) is 14.1. The molecule has 0 aliphatic carbocycles. The third-order valence-electron chi connectivity index (χ3n) is 4.32. The molecule has 4 nitrogen and oxygen atoms in total. The Kier molecular flexibility index (Phi) is 5.23. The first-order chi connectivity index (χ1) is 12.3. The molecule has 0 amide bonds. The molecule has 1 heterocycles. The Bertz CT molecular complexity index is 1050. The fourth-order valence-corrected chi connectivity index (χ4v) is 3.35. The van der Waals surface area contributed by atoms with Crippen molar-refractivity contribution in [2.24, 2.45) is 0 Å². The summed E-state index contributed by atoms with van der Waals surface area (Å²) < 4.78 is 19.0. The predicted octanol–water partition coefficient (Wildman–Crippen LogP) is 5.10. The van der Waals surface area contributed by atoms with Crippen LogP contribution in [0.3, 0.4) is 0 Å². The molecule has 2 N–H and O–H groups in total. The van der Waals surface area contributed by atoms with Crippen LogP contribution in [0.4, 0.5) is 4.39 Å². The summed E-state index contributed by atoms with van der Waals surface area (Å²) in [6.45, 7) is 3.84. The molecule has 26 heavy (non-hydrogen) atoms. The molecule has 0 spiro atoms. The highest BCUT2D eigenvalue weighted by Crippen LogP contribution is 2.30. The summed E-state index contributed by atoms with van der Waals surface area (Å²) >= 11 is 11.9. The summed E-state index contributed by atoms with van der Waals surface area (Å²) in [7, 11) is 0. The van der Waals surface area contributed by atoms with E-state index in [1.165, 1.54) is 18.2 Å². The molecular formula is C19H16Cl2FNO3. The summed E-state index contributed by atoms with van der Waals surface area (Å²) in [5, 5.41) is 14.1. The van der Waals surface area contributed by atoms with E-state index >= 15 is 0 Å². The molecule has 136 valence electrons. The molecule has 0 fully saturated rings. The number of hydrogen-bond donors (Lipinski definition) is 2. The molecule has 1 aromatic heterocycles. The van der Waals surface area contributed by atoms with Crippen molar-refractivity contribution >= 4 is 34.2 Å². The van der Waals surface area contributed by atoms with Crippen molar-refractivity contribution in [3.63, 3.8) is 0 Å². The van der Waals surface area contributed by atoms with E-state index in [2.05, 4.69) is 5.32 Å². The number of aryl methyl sites for hydroxylation is 1. The molecule has 0 saturated heterocycles. The molecular weight excluding hydrogens is 380 g/mol. The normalized spacial score (nSPS) is 12.5. The van der Waals surface area contributed by atoms with Gasteiger partial charge in [-0.15, -0.1) is 0 Å². The van der Waals surface area contributed by atoms with Crippen molar-refractivity contribution < 1.29 is 13.9 Å². The number of phenolic OH excluding ortho intramolecular Hbond substituents is 1. The average molecular weight is 396 g/mol. The number of fused-ring (bicyclic) bond motifs is 1. The van der Waals surface area contributed by atoms with Crippen LogP contribution in [0, 0.1) is 12.7 Å². The maximum atomic E-state index is 13.7. The quantitative estimate of drug-likeness (QED) is 0.476. The van der Waals surface area contributed by atoms with Crippen LogP contribution in [0.25, 0.3) is 11.0 Å². The fraction of sp³-hybridized carbons (Fsp3) is 0.211. The Hall–Kier alpha value is -2.08. The van der Waals surface area contributed by atoms with Crippen LogP contribution < -0.4 is 10.9 Å². The number of phenols is 1. The van der Waals surface area contributed by atoms with Crippen molar-refractivity contribution in [3.05, 3.63) is 73.3 Å². The number of benzene rings is 2. The highest BCUT2D eigenvalue weighted by atomic mass is 35.5. The van der Waals surface area contributed by atoms with Gasteiger partial charge in [0.15, 0.2) is 0 Å². The molecule has 0 bridgehead atoms. The second kappa shape index (κ2) is 7.27. The summed E-state index contributed by atoms with van der Waals surface area (Å²) in [6, 6.07) is 7.01. The average Bonchev–Trinajstić information content (AvgIpc) is 2.59. The van der Waals surface area contributed by atoms with Crippen molar-refractivity contribution in [2.75, 3.05) is 0 Å². The van der Waals surface area contributed by atoms with Crippen LogP contribution in [0.2, 0.25) is 10.0 Å². The van der Waals surface area contributed by atoms with Gasteiger partial charge in [-0.2, -0.15) is 0 Å². The van der Waals surface area contributed by atoms with Gasteiger partial charge in [0, 0.05) is 34.6 Å². The molecule has 0 aliphatic rings. The molecule has 0 radical (unpaired) electrons. The Balaban J connectivity index is 1.92. The minimum Gasteiger partial charge on any atom is -0.508 e. The van der Waals surface area contributed by atoms with E-state index in [1.54, 1.807) is 19.1 Å². The van der Waals surface area contributed by atoms with Gasteiger partial charge in [0.2, 0.25) is 0 Å². The van der Waals surface area contributed by atoms with Gasteiger partial charge >= 0.3 is 5.63 Å². The highest BCUT2D eigenvalue weighted by molar-refractivity contribution is 6.35. The standard InChI is InChI=1S/C19H16Cl2FNO3/c1-9-17(24)4-3-12-11(5-18(25)26-19(9)12)8-23-10(2)13-6-16(22)15(21)7-14(13)20/h3-7,10,23-24H,8H2,1-2H3/t10-/m1/s1. The van der Waals surface area contributed by atoms with Gasteiger partial charge < -0.3 is 14.8 Å². The first kappa shape index (κ1) is 18.7. The van der Waals surface area contributed by atoms with Gasteiger partial charge in [0.05, 0.1) is 5.02 Å². The topological polar surface area (TPSA) is 62.5 Å². The lowest BCUT2D eigenvalue weighted by atomic mass is 10.0. The van der Waals surface area contributed by atoms with Gasteiger partial charge in [-0.3, -0.25) is 0 Å². The number of halogens is 3. The van der Waals surface area contributed by atoms with Crippen molar-refractivity contribution in [2.45, 2.75) is 26.4 Å². The number of rotatable bonds is 4. The van der Waals surface area contributed by atoms with E-state index in [0.29, 0.717) is 39.2 Å². The zero-order chi connectivity index (χ0) is 19.0. The molecule has 0 saturated carbocycles. The minimum atomic E-state index is -0.545. The van der Waals surface area contributed by atoms with Gasteiger partial charge in [-0.1, -0.05) is 23.2 Å². The third-order valence-corrected chi connectivity index (χ3v) is 4.94. The third kappa shape index (κ3) is 3.56. The summed E-state index contributed by atoms with van der Waals surface area (Å²) in [5.41, 5.74) is 1.60. The SMILES string of the molecule is Cc1c(O)ccc2c(CN[C@H](C)c3cc(F)c(Cl)cc3Cl)cc(=O)oc12. The highest BCUT2D eigenvalue weighted by Gasteiger charge is 2.15. The number of hydrogen-bond acceptors (Lipinski definition) is 4. The summed E-state index contributed by atoms with van der Waals surface area (Å²) in [5.74, 6) is -0.487. The van der Waals surface area contributed by atoms with E-state index in [9.17, 15) is 14.3 Å². The van der Waals surface area contributed by atoms with Crippen LogP contribution >= 0.6 is 23.2 Å². The molecule has 2 aromatic carbocycles. The summed E-state index contributed by atoms with van der Waals surface area (Å²) in [6.07, 6.45) is 0. The van der Waals surface area contributed by atoms with Crippen LogP contribution in [0.1, 0.15) is 29.7 Å². The Morgan fingerprint density at radius 1 is 1.23 bits per heavy atom. The van der Waals surface area contributed by atoms with Crippen molar-refractivity contribution in [1.29, 1.82) is 0 Å². The molecule has 3 rings (SSSR count). The molecule has 1 atom stereocenters. The van der Waals surface area contributed by atoms with E-state index in [1.807, 2.05) is 6.92 Å². The van der Waals surface area contributed by atoms with E-state index in [-0.39, 0.29) is 16.8 Å². The largest absolute Gasteiger partial charge is 0.508 e. The number of nitrogens with one attached hydrogen (secondary N) is 1. The Morgan fingerprint density at radius 3 is 2.69 bits per heavy atom. The first-order valence-electron chi connectivity index (χ1n) is 7.91. The molecule has 7 heteroatoms. The molecule has 3 aromatic rings. The van der Waals surface area contributed by atoms with Crippen LogP contribution in [-0.4, -0.2) is 5.11 Å². The molecule has 0 aliphatic heterocycles. The monoisotopic (exact) mass is 395 g/mol. The lowest BCUT2D eigenvalue weighted by Crippen LogP contribution is -2.19. The maximum Gasteiger partial charge on any atom is 0.336 e. The zero-order valence-corrected chi connectivity index (χ0v) is 15.6. The van der Waals surface area contributed by atoms with E-state index < -0.39 is 11.4 Å². The molecule has 0 unspecified atom stereocenters. The smallest absolute Gasteiger partial charge is 0.336 e. The predicted molar refractivity (Wildman–Crippen MR) is 101 cm³/mol. The second-order valence-electron chi connectivity index (χ2n) is 6.07. The number of aromatic hydroxyl groups is 1. The Labute approximate surface area is 159 Å². The summed E-state index contributed by atoms with van der Waals surface area (Å²) in [4.78, 5) is 11.9. The van der Waals surface area contributed by atoms with Gasteiger partial charge in [-0.05, 0) is 49.2 Å². The Morgan fingerprint density at radius 2 is 1.96 bits per heavy atom. The fourth-order valence-electron chi connectivity index (χ4n) is 2.80. The van der Waals surface area contributed by atoms with E-state index in [4.69, 9.17) is 27.6 Å². The van der Waals surface area contributed by atoms with Crippen LogP contribution in [0.5, 0.6) is 5.75 Å². The van der Waals surface area contributed by atoms with Crippen molar-refractivity contribution in [3.8, 4) is 5.75 Å². The van der Waals surface area contributed by atoms with Gasteiger partial charge in [0.25, 0.3) is 0 Å². The second-order valence-corrected chi connectivity index (χ2v) is 6.88. The van der Waals surface area contributed by atoms with Crippen LogP contribution in [0.15, 0.2) is 39.5 Å². The van der Waals surface area contributed by atoms with E-state index in [0.717, 1.165) is 0 Å².